The van der Waals surface area contributed by atoms with Gasteiger partial charge in [-0.25, -0.2) is 9.97 Å². The number of hydrogen-bond donors (Lipinski definition) is 1. The molecule has 0 aliphatic heterocycles. The SMILES string of the molecule is N#Cc1nc(Sc2ccc(Br)cn2)ccc1N. The van der Waals surface area contributed by atoms with Gasteiger partial charge in [-0.3, -0.25) is 0 Å². The maximum absolute atomic E-state index is 8.82. The summed E-state index contributed by atoms with van der Waals surface area (Å²) in [5, 5.41) is 10.3. The van der Waals surface area contributed by atoms with Crippen LogP contribution in [-0.4, -0.2) is 9.97 Å². The Hall–Kier alpha value is -1.58. The van der Waals surface area contributed by atoms with Gasteiger partial charge in [0.1, 0.15) is 16.1 Å². The maximum Gasteiger partial charge on any atom is 0.164 e. The van der Waals surface area contributed by atoms with E-state index in [0.29, 0.717) is 10.7 Å². The quantitative estimate of drug-likeness (QED) is 0.923. The van der Waals surface area contributed by atoms with Gasteiger partial charge in [-0.2, -0.15) is 5.26 Å². The van der Waals surface area contributed by atoms with Crippen molar-refractivity contribution >= 4 is 33.4 Å². The van der Waals surface area contributed by atoms with Gasteiger partial charge >= 0.3 is 0 Å². The predicted molar refractivity (Wildman–Crippen MR) is 69.4 cm³/mol. The summed E-state index contributed by atoms with van der Waals surface area (Å²) in [5.41, 5.74) is 6.23. The smallest absolute Gasteiger partial charge is 0.164 e. The Bertz CT molecular complexity index is 577. The summed E-state index contributed by atoms with van der Waals surface area (Å²) in [4.78, 5) is 8.35. The molecule has 4 nitrogen and oxygen atoms in total. The van der Waals surface area contributed by atoms with E-state index in [9.17, 15) is 0 Å². The molecule has 0 saturated heterocycles. The van der Waals surface area contributed by atoms with E-state index in [0.717, 1.165) is 9.50 Å². The van der Waals surface area contributed by atoms with Gasteiger partial charge in [0, 0.05) is 10.7 Å². The van der Waals surface area contributed by atoms with Crippen LogP contribution in [0, 0.1) is 11.3 Å². The van der Waals surface area contributed by atoms with Gasteiger partial charge in [0.15, 0.2) is 5.69 Å². The van der Waals surface area contributed by atoms with Crippen LogP contribution in [0.15, 0.2) is 45.0 Å². The molecule has 0 unspecified atom stereocenters. The molecule has 0 saturated carbocycles. The molecule has 2 rings (SSSR count). The Labute approximate surface area is 111 Å². The number of nitrogens with zero attached hydrogens (tertiary/aromatic N) is 3. The van der Waals surface area contributed by atoms with Crippen LogP contribution in [0.25, 0.3) is 0 Å². The predicted octanol–water partition coefficient (Wildman–Crippen LogP) is 2.84. The van der Waals surface area contributed by atoms with Crippen molar-refractivity contribution in [3.8, 4) is 6.07 Å². The van der Waals surface area contributed by atoms with Crippen LogP contribution in [-0.2, 0) is 0 Å². The van der Waals surface area contributed by atoms with Crippen molar-refractivity contribution in [1.82, 2.24) is 9.97 Å². The number of pyridine rings is 2. The molecule has 0 aromatic carbocycles. The minimum Gasteiger partial charge on any atom is -0.396 e. The van der Waals surface area contributed by atoms with E-state index in [1.165, 1.54) is 11.8 Å². The van der Waals surface area contributed by atoms with Crippen LogP contribution in [0.2, 0.25) is 0 Å². The highest BCUT2D eigenvalue weighted by Gasteiger charge is 2.04. The molecule has 0 fully saturated rings. The van der Waals surface area contributed by atoms with Crippen molar-refractivity contribution in [2.24, 2.45) is 0 Å². The standard InChI is InChI=1S/C11H7BrN4S/c12-7-1-3-10(15-6-7)17-11-4-2-8(14)9(5-13)16-11/h1-4,6H,14H2. The molecule has 0 radical (unpaired) electrons. The normalized spacial score (nSPS) is 9.88. The summed E-state index contributed by atoms with van der Waals surface area (Å²) in [6, 6.07) is 9.17. The topological polar surface area (TPSA) is 75.6 Å². The second-order valence-corrected chi connectivity index (χ2v) is 5.07. The lowest BCUT2D eigenvalue weighted by Crippen LogP contribution is -1.94. The molecule has 0 aliphatic rings. The summed E-state index contributed by atoms with van der Waals surface area (Å²) in [7, 11) is 0. The zero-order chi connectivity index (χ0) is 12.3. The Kier molecular flexibility index (Phi) is 3.61. The van der Waals surface area contributed by atoms with Crippen molar-refractivity contribution in [1.29, 1.82) is 5.26 Å². The fraction of sp³-hybridized carbons (Fsp3) is 0. The van der Waals surface area contributed by atoms with Crippen LogP contribution in [0.5, 0.6) is 0 Å². The third-order valence-electron chi connectivity index (χ3n) is 1.92. The van der Waals surface area contributed by atoms with Gasteiger partial charge in [-0.1, -0.05) is 11.8 Å². The largest absolute Gasteiger partial charge is 0.396 e. The summed E-state index contributed by atoms with van der Waals surface area (Å²) in [5.74, 6) is 0. The highest BCUT2D eigenvalue weighted by atomic mass is 79.9. The highest BCUT2D eigenvalue weighted by Crippen LogP contribution is 2.26. The number of aromatic nitrogens is 2. The molecule has 84 valence electrons. The fourth-order valence-electron chi connectivity index (χ4n) is 1.13. The molecular weight excluding hydrogens is 300 g/mol. The first-order valence-electron chi connectivity index (χ1n) is 4.65. The van der Waals surface area contributed by atoms with Gasteiger partial charge in [-0.05, 0) is 40.2 Å². The van der Waals surface area contributed by atoms with E-state index < -0.39 is 0 Å². The summed E-state index contributed by atoms with van der Waals surface area (Å²) in [6.07, 6.45) is 1.71. The van der Waals surface area contributed by atoms with Crippen LogP contribution >= 0.6 is 27.7 Å². The van der Waals surface area contributed by atoms with Gasteiger partial charge in [0.05, 0.1) is 5.69 Å². The number of halogens is 1. The van der Waals surface area contributed by atoms with Gasteiger partial charge in [0.25, 0.3) is 0 Å². The second kappa shape index (κ2) is 5.17. The lowest BCUT2D eigenvalue weighted by atomic mass is 10.3. The van der Waals surface area contributed by atoms with Gasteiger partial charge < -0.3 is 5.73 Å². The lowest BCUT2D eigenvalue weighted by molar-refractivity contribution is 1.08. The van der Waals surface area contributed by atoms with E-state index in [-0.39, 0.29) is 5.69 Å². The third-order valence-corrected chi connectivity index (χ3v) is 3.27. The number of nitrogen functional groups attached to an aromatic ring is 1. The van der Waals surface area contributed by atoms with E-state index in [1.807, 2.05) is 18.2 Å². The molecule has 0 amide bonds. The summed E-state index contributed by atoms with van der Waals surface area (Å²) in [6.45, 7) is 0. The number of nitriles is 1. The molecule has 0 bridgehead atoms. The van der Waals surface area contributed by atoms with E-state index in [2.05, 4.69) is 25.9 Å². The number of hydrogen-bond acceptors (Lipinski definition) is 5. The molecular formula is C11H7BrN4S. The molecule has 0 aliphatic carbocycles. The van der Waals surface area contributed by atoms with Crippen molar-refractivity contribution in [3.05, 3.63) is 40.6 Å². The van der Waals surface area contributed by atoms with Crippen molar-refractivity contribution < 1.29 is 0 Å². The van der Waals surface area contributed by atoms with Gasteiger partial charge in [0.2, 0.25) is 0 Å². The maximum atomic E-state index is 8.82. The highest BCUT2D eigenvalue weighted by molar-refractivity contribution is 9.10. The third kappa shape index (κ3) is 2.96. The number of nitrogens with two attached hydrogens (primary N) is 1. The molecule has 2 heterocycles. The molecule has 6 heteroatoms. The lowest BCUT2D eigenvalue weighted by Gasteiger charge is -2.02. The monoisotopic (exact) mass is 306 g/mol. The van der Waals surface area contributed by atoms with Crippen LogP contribution in [0.4, 0.5) is 5.69 Å². The first-order valence-corrected chi connectivity index (χ1v) is 6.26. The van der Waals surface area contributed by atoms with Crippen LogP contribution in [0.3, 0.4) is 0 Å². The van der Waals surface area contributed by atoms with Crippen LogP contribution in [0.1, 0.15) is 5.69 Å². The molecule has 2 aromatic heterocycles. The zero-order valence-corrected chi connectivity index (χ0v) is 11.0. The first kappa shape index (κ1) is 11.9. The number of rotatable bonds is 2. The Balaban J connectivity index is 2.25. The molecule has 0 spiro atoms. The zero-order valence-electron chi connectivity index (χ0n) is 8.59. The molecule has 2 N–H and O–H groups in total. The molecule has 2 aromatic rings. The number of anilines is 1. The summed E-state index contributed by atoms with van der Waals surface area (Å²) < 4.78 is 0.921. The van der Waals surface area contributed by atoms with Crippen molar-refractivity contribution in [2.75, 3.05) is 5.73 Å². The minimum atomic E-state index is 0.243. The van der Waals surface area contributed by atoms with Crippen molar-refractivity contribution in [2.45, 2.75) is 10.1 Å². The van der Waals surface area contributed by atoms with Crippen molar-refractivity contribution in [3.63, 3.8) is 0 Å². The van der Waals surface area contributed by atoms with E-state index in [1.54, 1.807) is 18.3 Å². The summed E-state index contributed by atoms with van der Waals surface area (Å²) >= 11 is 4.70. The first-order chi connectivity index (χ1) is 8.19. The molecule has 17 heavy (non-hydrogen) atoms. The van der Waals surface area contributed by atoms with Crippen LogP contribution < -0.4 is 5.73 Å². The van der Waals surface area contributed by atoms with E-state index in [4.69, 9.17) is 11.0 Å². The van der Waals surface area contributed by atoms with Gasteiger partial charge in [-0.15, -0.1) is 0 Å². The average Bonchev–Trinajstić information content (AvgIpc) is 2.34. The Morgan fingerprint density at radius 1 is 1.24 bits per heavy atom. The molecule has 0 atom stereocenters. The average molecular weight is 307 g/mol. The minimum absolute atomic E-state index is 0.243. The Morgan fingerprint density at radius 3 is 2.65 bits per heavy atom. The fourth-order valence-corrected chi connectivity index (χ4v) is 2.09. The Morgan fingerprint density at radius 2 is 2.00 bits per heavy atom. The van der Waals surface area contributed by atoms with E-state index >= 15 is 0 Å². The second-order valence-electron chi connectivity index (χ2n) is 3.12.